The molecule has 0 spiro atoms. The van der Waals surface area contributed by atoms with E-state index < -0.39 is 42.8 Å². The van der Waals surface area contributed by atoms with Gasteiger partial charge in [-0.05, 0) is 6.92 Å². The average Bonchev–Trinajstić information content (AvgIpc) is 2.49. The lowest BCUT2D eigenvalue weighted by Gasteiger charge is -2.35. The van der Waals surface area contributed by atoms with Gasteiger partial charge in [0.25, 0.3) is 0 Å². The molecular weight excluding hydrogens is 324 g/mol. The number of ether oxygens (including phenoxy) is 1. The third-order valence-electron chi connectivity index (χ3n) is 3.52. The van der Waals surface area contributed by atoms with Gasteiger partial charge in [0.05, 0.1) is 36.8 Å². The summed E-state index contributed by atoms with van der Waals surface area (Å²) in [6.45, 7) is 0.0583. The molecule has 0 fully saturated rings. The van der Waals surface area contributed by atoms with Crippen LogP contribution in [0.15, 0.2) is 16.4 Å². The maximum Gasteiger partial charge on any atom is 0.328 e. The zero-order chi connectivity index (χ0) is 18.5. The molecular formula is C14H22N2O8. The fraction of sp³-hybridized carbons (Fsp3) is 0.643. The molecule has 10 heteroatoms. The van der Waals surface area contributed by atoms with Gasteiger partial charge in [-0.3, -0.25) is 9.79 Å². The number of nitrogens with zero attached hydrogens (tertiary/aromatic N) is 1. The van der Waals surface area contributed by atoms with E-state index in [1.54, 1.807) is 0 Å². The van der Waals surface area contributed by atoms with Crippen molar-refractivity contribution >= 4 is 17.7 Å². The summed E-state index contributed by atoms with van der Waals surface area (Å²) in [6, 6.07) is -1.38. The van der Waals surface area contributed by atoms with Gasteiger partial charge in [-0.2, -0.15) is 0 Å². The molecule has 0 aliphatic heterocycles. The van der Waals surface area contributed by atoms with E-state index in [1.165, 1.54) is 14.0 Å². The van der Waals surface area contributed by atoms with Gasteiger partial charge in [0.1, 0.15) is 6.54 Å². The highest BCUT2D eigenvalue weighted by molar-refractivity contribution is 6.01. The number of methoxy groups -OCH3 is 1. The number of aliphatic hydroxyl groups is 3. The van der Waals surface area contributed by atoms with Gasteiger partial charge in [0, 0.05) is 12.8 Å². The average molecular weight is 346 g/mol. The van der Waals surface area contributed by atoms with Crippen molar-refractivity contribution < 1.29 is 39.9 Å². The van der Waals surface area contributed by atoms with Crippen molar-refractivity contribution in [2.75, 3.05) is 20.3 Å². The van der Waals surface area contributed by atoms with Gasteiger partial charge in [0.15, 0.2) is 11.8 Å². The number of hydrogen-bond acceptors (Lipinski definition) is 8. The zero-order valence-electron chi connectivity index (χ0n) is 13.4. The Morgan fingerprint density at radius 3 is 2.42 bits per heavy atom. The van der Waals surface area contributed by atoms with Crippen LogP contribution in [0.5, 0.6) is 0 Å². The van der Waals surface area contributed by atoms with Gasteiger partial charge < -0.3 is 35.6 Å². The highest BCUT2D eigenvalue weighted by Crippen LogP contribution is 2.30. The molecule has 1 unspecified atom stereocenters. The monoisotopic (exact) mass is 346 g/mol. The van der Waals surface area contributed by atoms with Gasteiger partial charge >= 0.3 is 11.9 Å². The first-order chi connectivity index (χ1) is 11.1. The first kappa shape index (κ1) is 19.9. The maximum atomic E-state index is 11.2. The highest BCUT2D eigenvalue weighted by Gasteiger charge is 2.39. The lowest BCUT2D eigenvalue weighted by atomic mass is 9.85. The SMILES string of the molecule is COC1=C(N[C@H](C(=O)O)[C@@H](C)O)CC(O)(CO)CC1=NCC(=O)O. The van der Waals surface area contributed by atoms with Crippen molar-refractivity contribution in [3.05, 3.63) is 11.5 Å². The second kappa shape index (κ2) is 8.08. The van der Waals surface area contributed by atoms with Crippen LogP contribution in [0.2, 0.25) is 0 Å². The molecule has 0 aromatic rings. The number of nitrogens with one attached hydrogen (secondary N) is 1. The van der Waals surface area contributed by atoms with Gasteiger partial charge in [-0.25, -0.2) is 4.79 Å². The Balaban J connectivity index is 3.29. The molecule has 0 heterocycles. The Kier molecular flexibility index (Phi) is 6.70. The lowest BCUT2D eigenvalue weighted by molar-refractivity contribution is -0.142. The first-order valence-electron chi connectivity index (χ1n) is 7.17. The largest absolute Gasteiger partial charge is 0.493 e. The Hall–Kier alpha value is -2.17. The molecule has 0 aromatic heterocycles. The molecule has 3 atom stereocenters. The van der Waals surface area contributed by atoms with E-state index in [9.17, 15) is 24.9 Å². The molecule has 1 rings (SSSR count). The number of carboxylic acid groups (broad SMARTS) is 2. The molecule has 1 aliphatic carbocycles. The van der Waals surface area contributed by atoms with E-state index in [2.05, 4.69) is 10.3 Å². The number of carbonyl (C=O) groups is 2. The van der Waals surface area contributed by atoms with Crippen molar-refractivity contribution in [1.29, 1.82) is 0 Å². The summed E-state index contributed by atoms with van der Waals surface area (Å²) in [5.41, 5.74) is -1.46. The molecule has 6 N–H and O–H groups in total. The zero-order valence-corrected chi connectivity index (χ0v) is 13.4. The Morgan fingerprint density at radius 2 is 2.00 bits per heavy atom. The fourth-order valence-corrected chi connectivity index (χ4v) is 2.37. The summed E-state index contributed by atoms with van der Waals surface area (Å²) in [5, 5.41) is 49.8. The topological polar surface area (TPSA) is 169 Å². The standard InChI is InChI=1S/C14H22N2O8/c1-7(18)11(13(21)22)16-9-4-14(23,6-17)3-8(12(9)24-2)15-5-10(19)20/h7,11,16-18,23H,3-6H2,1-2H3,(H,19,20)(H,21,22)/t7-,11+,14?/m1/s1. The van der Waals surface area contributed by atoms with Crippen LogP contribution in [0, 0.1) is 0 Å². The molecule has 0 radical (unpaired) electrons. The molecule has 0 aromatic carbocycles. The summed E-state index contributed by atoms with van der Waals surface area (Å²) in [5.74, 6) is -2.44. The van der Waals surface area contributed by atoms with E-state index in [0.717, 1.165) is 0 Å². The van der Waals surface area contributed by atoms with Crippen LogP contribution in [0.4, 0.5) is 0 Å². The minimum Gasteiger partial charge on any atom is -0.493 e. The van der Waals surface area contributed by atoms with Crippen molar-refractivity contribution in [2.24, 2.45) is 4.99 Å². The van der Waals surface area contributed by atoms with Crippen LogP contribution < -0.4 is 5.32 Å². The van der Waals surface area contributed by atoms with E-state index in [-0.39, 0.29) is 30.0 Å². The van der Waals surface area contributed by atoms with Crippen molar-refractivity contribution in [2.45, 2.75) is 37.5 Å². The van der Waals surface area contributed by atoms with Crippen molar-refractivity contribution in [3.8, 4) is 0 Å². The van der Waals surface area contributed by atoms with Gasteiger partial charge in [-0.15, -0.1) is 0 Å². The van der Waals surface area contributed by atoms with Gasteiger partial charge in [-0.1, -0.05) is 0 Å². The van der Waals surface area contributed by atoms with Crippen LogP contribution >= 0.6 is 0 Å². The summed E-state index contributed by atoms with van der Waals surface area (Å²) in [7, 11) is 1.29. The van der Waals surface area contributed by atoms with Crippen LogP contribution in [-0.4, -0.2) is 81.2 Å². The Bertz CT molecular complexity index is 557. The highest BCUT2D eigenvalue weighted by atomic mass is 16.5. The molecule has 1 aliphatic rings. The van der Waals surface area contributed by atoms with E-state index >= 15 is 0 Å². The maximum absolute atomic E-state index is 11.2. The second-order valence-corrected chi connectivity index (χ2v) is 5.61. The van der Waals surface area contributed by atoms with Crippen LogP contribution in [0.1, 0.15) is 19.8 Å². The number of allylic oxidation sites excluding steroid dienone is 1. The summed E-state index contributed by atoms with van der Waals surface area (Å²) in [4.78, 5) is 25.8. The fourth-order valence-electron chi connectivity index (χ4n) is 2.37. The third-order valence-corrected chi connectivity index (χ3v) is 3.52. The Labute approximate surface area is 138 Å². The number of aliphatic carboxylic acids is 2. The van der Waals surface area contributed by atoms with Crippen LogP contribution in [-0.2, 0) is 14.3 Å². The molecule has 0 bridgehead atoms. The number of hydrogen-bond donors (Lipinski definition) is 6. The van der Waals surface area contributed by atoms with Crippen molar-refractivity contribution in [1.82, 2.24) is 5.32 Å². The van der Waals surface area contributed by atoms with E-state index in [1.807, 2.05) is 0 Å². The molecule has 10 nitrogen and oxygen atoms in total. The van der Waals surface area contributed by atoms with Crippen LogP contribution in [0.25, 0.3) is 0 Å². The summed E-state index contributed by atoms with van der Waals surface area (Å²) >= 11 is 0. The normalized spacial score (nSPS) is 25.3. The quantitative estimate of drug-likeness (QED) is 0.300. The Morgan fingerprint density at radius 1 is 1.38 bits per heavy atom. The minimum absolute atomic E-state index is 0.0833. The first-order valence-corrected chi connectivity index (χ1v) is 7.17. The van der Waals surface area contributed by atoms with Crippen LogP contribution in [0.3, 0.4) is 0 Å². The predicted molar refractivity (Wildman–Crippen MR) is 81.5 cm³/mol. The summed E-state index contributed by atoms with van der Waals surface area (Å²) in [6.07, 6.45) is -1.58. The van der Waals surface area contributed by atoms with Gasteiger partial charge in [0.2, 0.25) is 0 Å². The minimum atomic E-state index is -1.65. The smallest absolute Gasteiger partial charge is 0.328 e. The molecule has 0 saturated heterocycles. The molecule has 0 amide bonds. The lowest BCUT2D eigenvalue weighted by Crippen LogP contribution is -2.49. The molecule has 0 saturated carbocycles. The van der Waals surface area contributed by atoms with Crippen molar-refractivity contribution in [3.63, 3.8) is 0 Å². The van der Waals surface area contributed by atoms with E-state index in [0.29, 0.717) is 0 Å². The molecule has 136 valence electrons. The summed E-state index contributed by atoms with van der Waals surface area (Å²) < 4.78 is 5.17. The third kappa shape index (κ3) is 4.91. The molecule has 24 heavy (non-hydrogen) atoms. The number of rotatable bonds is 8. The number of aliphatic hydroxyl groups excluding tert-OH is 2. The second-order valence-electron chi connectivity index (χ2n) is 5.61. The number of aliphatic imine (C=N–C) groups is 1. The number of carboxylic acids is 2. The predicted octanol–water partition coefficient (Wildman–Crippen LogP) is -1.69. The van der Waals surface area contributed by atoms with E-state index in [4.69, 9.17) is 14.9 Å².